The number of rotatable bonds is 3. The molecule has 2 aliphatic rings. The third-order valence-corrected chi connectivity index (χ3v) is 4.11. The first-order valence-electron chi connectivity index (χ1n) is 7.81. The highest BCUT2D eigenvalue weighted by Gasteiger charge is 2.30. The summed E-state index contributed by atoms with van der Waals surface area (Å²) in [6.45, 7) is 4.72. The summed E-state index contributed by atoms with van der Waals surface area (Å²) in [7, 11) is 0. The van der Waals surface area contributed by atoms with Crippen LogP contribution in [0.15, 0.2) is 41.2 Å². The summed E-state index contributed by atoms with van der Waals surface area (Å²) in [6, 6.07) is 6.97. The van der Waals surface area contributed by atoms with E-state index in [1.54, 1.807) is 18.2 Å². The second-order valence-corrected chi connectivity index (χ2v) is 6.21. The lowest BCUT2D eigenvalue weighted by Gasteiger charge is -2.38. The number of nitrogens with two attached hydrogens (primary N) is 2. The van der Waals surface area contributed by atoms with Crippen molar-refractivity contribution in [2.45, 2.75) is 25.0 Å². The largest absolute Gasteiger partial charge is 0.370 e. The zero-order valence-corrected chi connectivity index (χ0v) is 13.2. The molecule has 0 saturated carbocycles. The van der Waals surface area contributed by atoms with Crippen LogP contribution < -0.4 is 22.1 Å². The van der Waals surface area contributed by atoms with E-state index in [-0.39, 0.29) is 18.2 Å². The summed E-state index contributed by atoms with van der Waals surface area (Å²) in [5, 5.41) is 6.47. The molecule has 0 bridgehead atoms. The Hall–Kier alpha value is -2.12. The molecule has 0 amide bonds. The Balaban J connectivity index is 1.84. The van der Waals surface area contributed by atoms with Crippen molar-refractivity contribution in [2.75, 3.05) is 19.6 Å². The van der Waals surface area contributed by atoms with Gasteiger partial charge in [0.05, 0.1) is 0 Å². The molecule has 0 aliphatic carbocycles. The standard InChI is InChI=1S/C16H23FN6/c1-11-10-23(7-6-20-11)14-9-16(19,22-15(18)21-14)8-12-4-2-3-5-13(12)17/h2-5,9,11,20H,6-8,10,19H2,1H3,(H3,18,21,22)/t11-,16?/m1/s1. The fraction of sp³-hybridized carbons (Fsp3) is 0.438. The number of aliphatic imine (C=N–C) groups is 1. The number of hydrogen-bond donors (Lipinski definition) is 4. The molecule has 7 heteroatoms. The van der Waals surface area contributed by atoms with Crippen molar-refractivity contribution in [1.29, 1.82) is 0 Å². The molecular formula is C16H23FN6. The SMILES string of the molecule is C[C@@H]1CN(C2=CC(N)(Cc3ccccc3F)N=C(N)N2)CCN1. The van der Waals surface area contributed by atoms with Crippen molar-refractivity contribution in [2.24, 2.45) is 16.5 Å². The van der Waals surface area contributed by atoms with Crippen LogP contribution in [-0.4, -0.2) is 42.2 Å². The summed E-state index contributed by atoms with van der Waals surface area (Å²) in [6.07, 6.45) is 2.10. The highest BCUT2D eigenvalue weighted by atomic mass is 19.1. The molecule has 124 valence electrons. The summed E-state index contributed by atoms with van der Waals surface area (Å²) >= 11 is 0. The van der Waals surface area contributed by atoms with E-state index in [1.807, 2.05) is 6.08 Å². The smallest absolute Gasteiger partial charge is 0.196 e. The predicted molar refractivity (Wildman–Crippen MR) is 88.9 cm³/mol. The number of piperazine rings is 1. The molecule has 1 aromatic rings. The van der Waals surface area contributed by atoms with E-state index in [2.05, 4.69) is 27.4 Å². The Morgan fingerprint density at radius 2 is 2.22 bits per heavy atom. The van der Waals surface area contributed by atoms with Crippen LogP contribution in [0.4, 0.5) is 4.39 Å². The second kappa shape index (κ2) is 6.17. The Labute approximate surface area is 135 Å². The van der Waals surface area contributed by atoms with E-state index in [0.717, 1.165) is 25.5 Å². The molecule has 0 spiro atoms. The molecule has 2 aliphatic heterocycles. The van der Waals surface area contributed by atoms with Gasteiger partial charge in [0.1, 0.15) is 17.3 Å². The van der Waals surface area contributed by atoms with Crippen molar-refractivity contribution in [1.82, 2.24) is 15.5 Å². The third-order valence-electron chi connectivity index (χ3n) is 4.11. The molecule has 1 unspecified atom stereocenters. The van der Waals surface area contributed by atoms with Gasteiger partial charge in [-0.25, -0.2) is 9.38 Å². The average Bonchev–Trinajstić information content (AvgIpc) is 2.48. The van der Waals surface area contributed by atoms with Crippen LogP contribution in [0.5, 0.6) is 0 Å². The van der Waals surface area contributed by atoms with Crippen molar-refractivity contribution in [3.63, 3.8) is 0 Å². The van der Waals surface area contributed by atoms with Gasteiger partial charge in [-0.2, -0.15) is 0 Å². The van der Waals surface area contributed by atoms with Crippen LogP contribution in [0.2, 0.25) is 0 Å². The molecule has 2 heterocycles. The number of nitrogens with one attached hydrogen (secondary N) is 2. The number of hydrogen-bond acceptors (Lipinski definition) is 6. The molecule has 2 atom stereocenters. The predicted octanol–water partition coefficient (Wildman–Crippen LogP) is 0.0762. The van der Waals surface area contributed by atoms with Gasteiger partial charge in [0.2, 0.25) is 0 Å². The Morgan fingerprint density at radius 3 is 2.96 bits per heavy atom. The van der Waals surface area contributed by atoms with Crippen molar-refractivity contribution in [3.8, 4) is 0 Å². The minimum atomic E-state index is -1.05. The minimum absolute atomic E-state index is 0.257. The molecule has 1 aromatic carbocycles. The summed E-state index contributed by atoms with van der Waals surface area (Å²) < 4.78 is 13.9. The first-order chi connectivity index (χ1) is 11.0. The maximum absolute atomic E-state index is 13.9. The van der Waals surface area contributed by atoms with E-state index in [9.17, 15) is 4.39 Å². The van der Waals surface area contributed by atoms with Crippen LogP contribution >= 0.6 is 0 Å². The summed E-state index contributed by atoms with van der Waals surface area (Å²) in [5.74, 6) is 0.813. The van der Waals surface area contributed by atoms with E-state index >= 15 is 0 Å². The molecule has 1 fully saturated rings. The lowest BCUT2D eigenvalue weighted by Crippen LogP contribution is -2.55. The zero-order chi connectivity index (χ0) is 16.4. The van der Waals surface area contributed by atoms with Crippen LogP contribution in [0.1, 0.15) is 12.5 Å². The van der Waals surface area contributed by atoms with Gasteiger partial charge in [-0.15, -0.1) is 0 Å². The first-order valence-corrected chi connectivity index (χ1v) is 7.81. The van der Waals surface area contributed by atoms with Crippen LogP contribution in [0.25, 0.3) is 0 Å². The van der Waals surface area contributed by atoms with Gasteiger partial charge in [0.15, 0.2) is 5.96 Å². The van der Waals surface area contributed by atoms with Crippen LogP contribution in [0, 0.1) is 5.82 Å². The number of halogens is 1. The van der Waals surface area contributed by atoms with Gasteiger partial charge in [0, 0.05) is 32.1 Å². The molecule has 1 saturated heterocycles. The van der Waals surface area contributed by atoms with E-state index in [0.29, 0.717) is 11.6 Å². The average molecular weight is 318 g/mol. The monoisotopic (exact) mass is 318 g/mol. The Bertz CT molecular complexity index is 643. The first kappa shape index (κ1) is 15.8. The van der Waals surface area contributed by atoms with Crippen molar-refractivity contribution in [3.05, 3.63) is 47.5 Å². The van der Waals surface area contributed by atoms with Gasteiger partial charge < -0.3 is 27.0 Å². The highest BCUT2D eigenvalue weighted by Crippen LogP contribution is 2.22. The maximum atomic E-state index is 13.9. The van der Waals surface area contributed by atoms with E-state index in [1.165, 1.54) is 6.07 Å². The fourth-order valence-electron chi connectivity index (χ4n) is 3.05. The minimum Gasteiger partial charge on any atom is -0.370 e. The molecule has 3 rings (SSSR count). The molecule has 6 nitrogen and oxygen atoms in total. The molecule has 6 N–H and O–H groups in total. The highest BCUT2D eigenvalue weighted by molar-refractivity contribution is 5.81. The third kappa shape index (κ3) is 3.62. The van der Waals surface area contributed by atoms with Gasteiger partial charge >= 0.3 is 0 Å². The van der Waals surface area contributed by atoms with Gasteiger partial charge in [-0.1, -0.05) is 18.2 Å². The quantitative estimate of drug-likeness (QED) is 0.633. The van der Waals surface area contributed by atoms with Crippen molar-refractivity contribution < 1.29 is 4.39 Å². The fourth-order valence-corrected chi connectivity index (χ4v) is 3.05. The molecule has 0 aromatic heterocycles. The summed E-state index contributed by atoms with van der Waals surface area (Å²) in [4.78, 5) is 6.48. The lowest BCUT2D eigenvalue weighted by atomic mass is 9.99. The van der Waals surface area contributed by atoms with Crippen LogP contribution in [0.3, 0.4) is 0 Å². The van der Waals surface area contributed by atoms with Gasteiger partial charge in [0.25, 0.3) is 0 Å². The zero-order valence-electron chi connectivity index (χ0n) is 13.2. The van der Waals surface area contributed by atoms with E-state index in [4.69, 9.17) is 11.5 Å². The Kier molecular flexibility index (Phi) is 4.23. The molecular weight excluding hydrogens is 295 g/mol. The lowest BCUT2D eigenvalue weighted by molar-refractivity contribution is 0.243. The molecule has 0 radical (unpaired) electrons. The van der Waals surface area contributed by atoms with Gasteiger partial charge in [-0.05, 0) is 24.6 Å². The Morgan fingerprint density at radius 1 is 1.43 bits per heavy atom. The van der Waals surface area contributed by atoms with E-state index < -0.39 is 5.66 Å². The normalized spacial score (nSPS) is 28.0. The topological polar surface area (TPSA) is 91.7 Å². The number of guanidine groups is 1. The van der Waals surface area contributed by atoms with Crippen molar-refractivity contribution >= 4 is 5.96 Å². The van der Waals surface area contributed by atoms with Gasteiger partial charge in [-0.3, -0.25) is 0 Å². The molecule has 23 heavy (non-hydrogen) atoms. The second-order valence-electron chi connectivity index (χ2n) is 6.21. The summed E-state index contributed by atoms with van der Waals surface area (Å²) in [5.41, 5.74) is 11.8. The number of benzene rings is 1. The number of nitrogens with zero attached hydrogens (tertiary/aromatic N) is 2. The van der Waals surface area contributed by atoms with Crippen LogP contribution in [-0.2, 0) is 6.42 Å². The maximum Gasteiger partial charge on any atom is 0.196 e.